The van der Waals surface area contributed by atoms with Gasteiger partial charge in [-0.05, 0) is 31.0 Å². The molecule has 2 atom stereocenters. The first-order chi connectivity index (χ1) is 14.7. The number of hydrogen-bond acceptors (Lipinski definition) is 6. The van der Waals surface area contributed by atoms with Crippen LogP contribution in [0.2, 0.25) is 5.02 Å². The number of aryl methyl sites for hydroxylation is 1. The number of hydrogen-bond donors (Lipinski definition) is 2. The number of nitrogens with one attached hydrogen (secondary N) is 2. The van der Waals surface area contributed by atoms with Gasteiger partial charge in [0.25, 0.3) is 10.2 Å². The van der Waals surface area contributed by atoms with Crippen molar-refractivity contribution in [3.05, 3.63) is 64.1 Å². The standard InChI is InChI=1S/C20H20ClN5O3S2/c1-12-8-9-14(10-15(12)21)22-18(27)17-11-16(25-31(28,29)26(17)2)20-24-23-19(30-20)13-6-4-3-5-7-13/h3-10,16-17,25H,11H2,1-2H3,(H,22,27)/t16-,17+/m1/s1. The van der Waals surface area contributed by atoms with E-state index in [9.17, 15) is 13.2 Å². The minimum absolute atomic E-state index is 0.213. The van der Waals surface area contributed by atoms with Crippen molar-refractivity contribution in [1.82, 2.24) is 19.2 Å². The van der Waals surface area contributed by atoms with Gasteiger partial charge < -0.3 is 5.32 Å². The molecule has 4 rings (SSSR count). The van der Waals surface area contributed by atoms with Gasteiger partial charge in [0.15, 0.2) is 0 Å². The predicted molar refractivity (Wildman–Crippen MR) is 121 cm³/mol. The molecule has 2 heterocycles. The summed E-state index contributed by atoms with van der Waals surface area (Å²) in [6, 6.07) is 13.1. The van der Waals surface area contributed by atoms with Crippen LogP contribution in [0.15, 0.2) is 48.5 Å². The van der Waals surface area contributed by atoms with E-state index in [1.54, 1.807) is 18.2 Å². The van der Waals surface area contributed by atoms with Crippen LogP contribution in [0.5, 0.6) is 0 Å². The van der Waals surface area contributed by atoms with E-state index in [0.29, 0.717) is 20.7 Å². The number of benzene rings is 2. The van der Waals surface area contributed by atoms with Crippen LogP contribution in [0, 0.1) is 6.92 Å². The molecule has 1 fully saturated rings. The molecule has 2 N–H and O–H groups in total. The third-order valence-corrected chi connectivity index (χ3v) is 8.16. The molecular weight excluding hydrogens is 458 g/mol. The van der Waals surface area contributed by atoms with Gasteiger partial charge in [-0.25, -0.2) is 0 Å². The predicted octanol–water partition coefficient (Wildman–Crippen LogP) is 3.39. The zero-order valence-electron chi connectivity index (χ0n) is 16.7. The molecule has 0 bridgehead atoms. The van der Waals surface area contributed by atoms with Gasteiger partial charge in [0.05, 0.1) is 6.04 Å². The van der Waals surface area contributed by atoms with Gasteiger partial charge in [0, 0.05) is 23.3 Å². The van der Waals surface area contributed by atoms with Gasteiger partial charge in [0.1, 0.15) is 16.1 Å². The Morgan fingerprint density at radius 2 is 1.97 bits per heavy atom. The van der Waals surface area contributed by atoms with Crippen LogP contribution in [0.1, 0.15) is 23.0 Å². The highest BCUT2D eigenvalue weighted by Gasteiger charge is 2.41. The summed E-state index contributed by atoms with van der Waals surface area (Å²) in [4.78, 5) is 12.9. The number of nitrogens with zero attached hydrogens (tertiary/aromatic N) is 3. The summed E-state index contributed by atoms with van der Waals surface area (Å²) in [7, 11) is -2.50. The van der Waals surface area contributed by atoms with Crippen LogP contribution < -0.4 is 10.0 Å². The van der Waals surface area contributed by atoms with Crippen molar-refractivity contribution in [2.24, 2.45) is 0 Å². The Labute approximate surface area is 189 Å². The van der Waals surface area contributed by atoms with Crippen LogP contribution in [0.25, 0.3) is 10.6 Å². The summed E-state index contributed by atoms with van der Waals surface area (Å²) in [5, 5.41) is 12.8. The van der Waals surface area contributed by atoms with Gasteiger partial charge in [0.2, 0.25) is 5.91 Å². The molecule has 0 saturated carbocycles. The molecule has 11 heteroatoms. The first-order valence-electron chi connectivity index (χ1n) is 9.46. The maximum atomic E-state index is 12.9. The summed E-state index contributed by atoms with van der Waals surface area (Å²) < 4.78 is 29.0. The summed E-state index contributed by atoms with van der Waals surface area (Å²) >= 11 is 7.43. The molecule has 1 aliphatic rings. The SMILES string of the molecule is Cc1ccc(NC(=O)[C@@H]2C[C@H](c3nnc(-c4ccccc4)s3)NS(=O)(=O)N2C)cc1Cl. The summed E-state index contributed by atoms with van der Waals surface area (Å²) in [5.41, 5.74) is 2.28. The normalized spacial score (nSPS) is 21.0. The second-order valence-electron chi connectivity index (χ2n) is 7.21. The average Bonchev–Trinajstić information content (AvgIpc) is 3.23. The Hall–Kier alpha value is -2.37. The van der Waals surface area contributed by atoms with E-state index in [-0.39, 0.29) is 6.42 Å². The number of aromatic nitrogens is 2. The first-order valence-corrected chi connectivity index (χ1v) is 12.1. The molecular formula is C20H20ClN5O3S2. The second-order valence-corrected chi connectivity index (χ2v) is 10.4. The molecule has 0 radical (unpaired) electrons. The molecule has 2 aromatic carbocycles. The van der Waals surface area contributed by atoms with E-state index < -0.39 is 28.2 Å². The zero-order chi connectivity index (χ0) is 22.2. The molecule has 0 unspecified atom stereocenters. The summed E-state index contributed by atoms with van der Waals surface area (Å²) in [6.45, 7) is 1.86. The van der Waals surface area contributed by atoms with Gasteiger partial charge in [-0.2, -0.15) is 17.4 Å². The summed E-state index contributed by atoms with van der Waals surface area (Å²) in [6.07, 6.45) is 0.213. The molecule has 1 aliphatic heterocycles. The zero-order valence-corrected chi connectivity index (χ0v) is 19.1. The lowest BCUT2D eigenvalue weighted by Gasteiger charge is -2.35. The van der Waals surface area contributed by atoms with E-state index in [0.717, 1.165) is 15.4 Å². The van der Waals surface area contributed by atoms with Crippen LogP contribution >= 0.6 is 22.9 Å². The van der Waals surface area contributed by atoms with Crippen molar-refractivity contribution in [3.63, 3.8) is 0 Å². The Balaban J connectivity index is 1.57. The largest absolute Gasteiger partial charge is 0.325 e. The number of carbonyl (C=O) groups is 1. The Morgan fingerprint density at radius 1 is 1.23 bits per heavy atom. The highest BCUT2D eigenvalue weighted by molar-refractivity contribution is 7.87. The fourth-order valence-corrected chi connectivity index (χ4v) is 5.66. The first kappa shape index (κ1) is 21.8. The van der Waals surface area contributed by atoms with Crippen molar-refractivity contribution in [1.29, 1.82) is 0 Å². The van der Waals surface area contributed by atoms with Gasteiger partial charge >= 0.3 is 0 Å². The third kappa shape index (κ3) is 4.63. The molecule has 31 heavy (non-hydrogen) atoms. The van der Waals surface area contributed by atoms with Gasteiger partial charge in [-0.1, -0.05) is 59.3 Å². The van der Waals surface area contributed by atoms with Gasteiger partial charge in [-0.15, -0.1) is 10.2 Å². The summed E-state index contributed by atoms with van der Waals surface area (Å²) in [5.74, 6) is -0.440. The lowest BCUT2D eigenvalue weighted by molar-refractivity contribution is -0.120. The lowest BCUT2D eigenvalue weighted by atomic mass is 10.1. The Morgan fingerprint density at radius 3 is 2.68 bits per heavy atom. The maximum Gasteiger partial charge on any atom is 0.280 e. The Kier molecular flexibility index (Phi) is 6.09. The maximum absolute atomic E-state index is 12.9. The highest BCUT2D eigenvalue weighted by Crippen LogP contribution is 2.33. The molecule has 0 spiro atoms. The van der Waals surface area contributed by atoms with Crippen molar-refractivity contribution in [2.75, 3.05) is 12.4 Å². The number of anilines is 1. The smallest absolute Gasteiger partial charge is 0.280 e. The number of halogens is 1. The van der Waals surface area contributed by atoms with E-state index >= 15 is 0 Å². The monoisotopic (exact) mass is 477 g/mol. The molecule has 1 amide bonds. The molecule has 162 valence electrons. The second kappa shape index (κ2) is 8.64. The molecule has 8 nitrogen and oxygen atoms in total. The van der Waals surface area contributed by atoms with Crippen LogP contribution in [0.3, 0.4) is 0 Å². The van der Waals surface area contributed by atoms with Crippen molar-refractivity contribution in [3.8, 4) is 10.6 Å². The van der Waals surface area contributed by atoms with E-state index in [1.807, 2.05) is 37.3 Å². The molecule has 1 saturated heterocycles. The quantitative estimate of drug-likeness (QED) is 0.599. The van der Waals surface area contributed by atoms with Crippen LogP contribution in [0.4, 0.5) is 5.69 Å². The average molecular weight is 478 g/mol. The molecule has 0 aliphatic carbocycles. The minimum Gasteiger partial charge on any atom is -0.325 e. The molecule has 3 aromatic rings. The topological polar surface area (TPSA) is 104 Å². The van der Waals surface area contributed by atoms with E-state index in [1.165, 1.54) is 18.4 Å². The van der Waals surface area contributed by atoms with Crippen LogP contribution in [-0.2, 0) is 15.0 Å². The third-order valence-electron chi connectivity index (χ3n) is 5.07. The van der Waals surface area contributed by atoms with Crippen LogP contribution in [-0.4, -0.2) is 41.9 Å². The molecule has 1 aromatic heterocycles. The minimum atomic E-state index is -3.88. The highest BCUT2D eigenvalue weighted by atomic mass is 35.5. The number of carbonyl (C=O) groups excluding carboxylic acids is 1. The number of amides is 1. The fraction of sp³-hybridized carbons (Fsp3) is 0.250. The lowest BCUT2D eigenvalue weighted by Crippen LogP contribution is -2.55. The number of likely N-dealkylation sites (N-methyl/N-ethyl adjacent to an activating group) is 1. The van der Waals surface area contributed by atoms with Crippen molar-refractivity contribution < 1.29 is 13.2 Å². The van der Waals surface area contributed by atoms with E-state index in [4.69, 9.17) is 11.6 Å². The van der Waals surface area contributed by atoms with Gasteiger partial charge in [-0.3, -0.25) is 4.79 Å². The van der Waals surface area contributed by atoms with E-state index in [2.05, 4.69) is 20.2 Å². The van der Waals surface area contributed by atoms with Crippen molar-refractivity contribution >= 4 is 44.7 Å². The van der Waals surface area contributed by atoms with Crippen molar-refractivity contribution in [2.45, 2.75) is 25.4 Å². The Bertz CT molecular complexity index is 1220. The fourth-order valence-electron chi connectivity index (χ4n) is 3.24. The number of rotatable bonds is 4.